The maximum Gasteiger partial charge on any atom is 0.325 e. The zero-order valence-electron chi connectivity index (χ0n) is 11.5. The standard InChI is InChI=1S/C12H22N4O4/c13-9-3-5-15(7-9)19-11(17)1-2-12(18)20-16-6-4-10(14)8-16/h9-10H,1-8,13-14H2. The van der Waals surface area contributed by atoms with Crippen molar-refractivity contribution in [1.29, 1.82) is 0 Å². The van der Waals surface area contributed by atoms with Gasteiger partial charge in [-0.2, -0.15) is 0 Å². The molecule has 2 aliphatic rings. The molecular weight excluding hydrogens is 264 g/mol. The zero-order chi connectivity index (χ0) is 14.5. The second-order valence-corrected chi connectivity index (χ2v) is 5.30. The van der Waals surface area contributed by atoms with Gasteiger partial charge >= 0.3 is 11.9 Å². The van der Waals surface area contributed by atoms with Crippen LogP contribution in [0.3, 0.4) is 0 Å². The molecule has 4 N–H and O–H groups in total. The van der Waals surface area contributed by atoms with Crippen molar-refractivity contribution in [3.05, 3.63) is 0 Å². The van der Waals surface area contributed by atoms with Crippen LogP contribution in [0.25, 0.3) is 0 Å². The van der Waals surface area contributed by atoms with Gasteiger partial charge in [-0.25, -0.2) is 0 Å². The van der Waals surface area contributed by atoms with E-state index in [1.54, 1.807) is 0 Å². The summed E-state index contributed by atoms with van der Waals surface area (Å²) in [6.45, 7) is 2.37. The van der Waals surface area contributed by atoms with Crippen molar-refractivity contribution < 1.29 is 19.3 Å². The van der Waals surface area contributed by atoms with E-state index in [1.807, 2.05) is 0 Å². The Morgan fingerprint density at radius 1 is 0.900 bits per heavy atom. The molecule has 0 aromatic carbocycles. The summed E-state index contributed by atoms with van der Waals surface area (Å²) in [5.41, 5.74) is 11.4. The fourth-order valence-corrected chi connectivity index (χ4v) is 2.26. The molecule has 20 heavy (non-hydrogen) atoms. The molecule has 2 atom stereocenters. The zero-order valence-corrected chi connectivity index (χ0v) is 11.5. The minimum Gasteiger partial charge on any atom is -0.368 e. The molecule has 2 unspecified atom stereocenters. The Morgan fingerprint density at radius 2 is 1.30 bits per heavy atom. The van der Waals surface area contributed by atoms with E-state index < -0.39 is 11.9 Å². The number of nitrogens with zero attached hydrogens (tertiary/aromatic N) is 2. The maximum absolute atomic E-state index is 11.6. The van der Waals surface area contributed by atoms with Crippen LogP contribution in [-0.4, -0.2) is 60.3 Å². The van der Waals surface area contributed by atoms with E-state index in [-0.39, 0.29) is 24.9 Å². The minimum absolute atomic E-state index is 0.00443. The summed E-state index contributed by atoms with van der Waals surface area (Å²) in [7, 11) is 0. The third kappa shape index (κ3) is 4.71. The summed E-state index contributed by atoms with van der Waals surface area (Å²) in [4.78, 5) is 33.3. The lowest BCUT2D eigenvalue weighted by atomic mass is 10.3. The van der Waals surface area contributed by atoms with Crippen LogP contribution < -0.4 is 11.5 Å². The highest BCUT2D eigenvalue weighted by molar-refractivity contribution is 5.77. The van der Waals surface area contributed by atoms with Gasteiger partial charge in [0.2, 0.25) is 0 Å². The smallest absolute Gasteiger partial charge is 0.325 e. The maximum atomic E-state index is 11.6. The van der Waals surface area contributed by atoms with Crippen molar-refractivity contribution in [2.45, 2.75) is 37.8 Å². The molecule has 0 spiro atoms. The fraction of sp³-hybridized carbons (Fsp3) is 0.833. The first-order valence-electron chi connectivity index (χ1n) is 6.95. The summed E-state index contributed by atoms with van der Waals surface area (Å²) in [5.74, 6) is -0.872. The van der Waals surface area contributed by atoms with Crippen LogP contribution in [0.5, 0.6) is 0 Å². The molecule has 2 heterocycles. The summed E-state index contributed by atoms with van der Waals surface area (Å²) in [6, 6.07) is 0.0966. The lowest BCUT2D eigenvalue weighted by Crippen LogP contribution is -2.30. The molecule has 0 saturated carbocycles. The highest BCUT2D eigenvalue weighted by Crippen LogP contribution is 2.10. The monoisotopic (exact) mass is 286 g/mol. The summed E-state index contributed by atoms with van der Waals surface area (Å²) in [5, 5.41) is 3.08. The molecule has 2 fully saturated rings. The first-order valence-corrected chi connectivity index (χ1v) is 6.95. The predicted octanol–water partition coefficient (Wildman–Crippen LogP) is -1.25. The Hall–Kier alpha value is -1.22. The van der Waals surface area contributed by atoms with E-state index in [0.717, 1.165) is 12.8 Å². The largest absolute Gasteiger partial charge is 0.368 e. The number of carbonyl (C=O) groups is 2. The van der Waals surface area contributed by atoms with E-state index in [0.29, 0.717) is 26.2 Å². The first kappa shape index (κ1) is 15.2. The van der Waals surface area contributed by atoms with E-state index >= 15 is 0 Å². The van der Waals surface area contributed by atoms with Gasteiger partial charge in [-0.1, -0.05) is 0 Å². The van der Waals surface area contributed by atoms with Crippen LogP contribution in [0.4, 0.5) is 0 Å². The molecule has 0 bridgehead atoms. The molecule has 0 radical (unpaired) electrons. The average molecular weight is 286 g/mol. The highest BCUT2D eigenvalue weighted by atomic mass is 16.7. The van der Waals surface area contributed by atoms with Crippen molar-refractivity contribution in [3.8, 4) is 0 Å². The van der Waals surface area contributed by atoms with Crippen LogP contribution in [0.15, 0.2) is 0 Å². The molecule has 0 amide bonds. The quantitative estimate of drug-likeness (QED) is 0.645. The minimum atomic E-state index is -0.436. The Bertz CT molecular complexity index is 331. The Balaban J connectivity index is 1.59. The molecule has 2 rings (SSSR count). The Kier molecular flexibility index (Phi) is 5.30. The average Bonchev–Trinajstić information content (AvgIpc) is 2.96. The van der Waals surface area contributed by atoms with Crippen LogP contribution in [0.2, 0.25) is 0 Å². The molecule has 0 aromatic heterocycles. The van der Waals surface area contributed by atoms with Gasteiger partial charge in [-0.15, -0.1) is 10.1 Å². The van der Waals surface area contributed by atoms with Gasteiger partial charge in [0.1, 0.15) is 0 Å². The van der Waals surface area contributed by atoms with Gasteiger partial charge in [0.15, 0.2) is 0 Å². The third-order valence-electron chi connectivity index (χ3n) is 3.37. The second kappa shape index (κ2) is 6.98. The lowest BCUT2D eigenvalue weighted by molar-refractivity contribution is -0.192. The van der Waals surface area contributed by atoms with Gasteiger partial charge in [0.25, 0.3) is 0 Å². The lowest BCUT2D eigenvalue weighted by Gasteiger charge is -2.16. The van der Waals surface area contributed by atoms with Crippen LogP contribution in [0, 0.1) is 0 Å². The van der Waals surface area contributed by atoms with Crippen molar-refractivity contribution in [2.24, 2.45) is 11.5 Å². The van der Waals surface area contributed by atoms with Gasteiger partial charge in [0, 0.05) is 25.2 Å². The Labute approximate surface area is 117 Å². The number of nitrogens with two attached hydrogens (primary N) is 2. The van der Waals surface area contributed by atoms with Crippen molar-refractivity contribution in [2.75, 3.05) is 26.2 Å². The fourth-order valence-electron chi connectivity index (χ4n) is 2.26. The molecular formula is C12H22N4O4. The van der Waals surface area contributed by atoms with Crippen molar-refractivity contribution >= 4 is 11.9 Å². The topological polar surface area (TPSA) is 111 Å². The second-order valence-electron chi connectivity index (χ2n) is 5.30. The molecule has 2 saturated heterocycles. The number of carbonyl (C=O) groups excluding carboxylic acids is 2. The SMILES string of the molecule is NC1CCN(OC(=O)CCC(=O)ON2CCC(N)C2)C1. The van der Waals surface area contributed by atoms with Crippen molar-refractivity contribution in [3.63, 3.8) is 0 Å². The van der Waals surface area contributed by atoms with Crippen molar-refractivity contribution in [1.82, 2.24) is 10.1 Å². The van der Waals surface area contributed by atoms with Crippen LogP contribution in [0.1, 0.15) is 25.7 Å². The van der Waals surface area contributed by atoms with E-state index in [4.69, 9.17) is 21.1 Å². The van der Waals surface area contributed by atoms with Crippen LogP contribution in [-0.2, 0) is 19.3 Å². The molecule has 0 aromatic rings. The third-order valence-corrected chi connectivity index (χ3v) is 3.37. The predicted molar refractivity (Wildman–Crippen MR) is 69.7 cm³/mol. The Morgan fingerprint density at radius 3 is 1.60 bits per heavy atom. The molecule has 8 heteroatoms. The summed E-state index contributed by atoms with van der Waals surface area (Å²) in [6.07, 6.45) is 1.63. The number of hydrogen-bond acceptors (Lipinski definition) is 8. The summed E-state index contributed by atoms with van der Waals surface area (Å²) < 4.78 is 0. The first-order chi connectivity index (χ1) is 9.52. The molecule has 114 valence electrons. The number of rotatable bonds is 5. The van der Waals surface area contributed by atoms with E-state index in [9.17, 15) is 9.59 Å². The highest BCUT2D eigenvalue weighted by Gasteiger charge is 2.24. The molecule has 2 aliphatic heterocycles. The van der Waals surface area contributed by atoms with Crippen LogP contribution >= 0.6 is 0 Å². The van der Waals surface area contributed by atoms with Gasteiger partial charge in [0.05, 0.1) is 25.9 Å². The van der Waals surface area contributed by atoms with E-state index in [1.165, 1.54) is 10.1 Å². The van der Waals surface area contributed by atoms with Gasteiger partial charge in [-0.05, 0) is 12.8 Å². The molecule has 0 aliphatic carbocycles. The summed E-state index contributed by atoms with van der Waals surface area (Å²) >= 11 is 0. The number of hydroxylamine groups is 4. The van der Waals surface area contributed by atoms with Gasteiger partial charge in [-0.3, -0.25) is 9.59 Å². The van der Waals surface area contributed by atoms with E-state index in [2.05, 4.69) is 0 Å². The number of hydrogen-bond donors (Lipinski definition) is 2. The van der Waals surface area contributed by atoms with Gasteiger partial charge < -0.3 is 21.1 Å². The normalized spacial score (nSPS) is 27.7. The molecule has 8 nitrogen and oxygen atoms in total.